The third kappa shape index (κ3) is 3.86. The first kappa shape index (κ1) is 22.4. The number of amides is 1. The maximum Gasteiger partial charge on any atom is 0.258 e. The van der Waals surface area contributed by atoms with Gasteiger partial charge in [-0.1, -0.05) is 23.8 Å². The summed E-state index contributed by atoms with van der Waals surface area (Å²) in [5.74, 6) is -3.15. The lowest BCUT2D eigenvalue weighted by molar-refractivity contribution is -0.0412. The van der Waals surface area contributed by atoms with Crippen molar-refractivity contribution in [3.8, 4) is 0 Å². The molecule has 1 spiro atoms. The molecule has 0 radical (unpaired) electrons. The van der Waals surface area contributed by atoms with Crippen molar-refractivity contribution >= 4 is 21.6 Å². The van der Waals surface area contributed by atoms with Gasteiger partial charge in [0.15, 0.2) is 0 Å². The zero-order chi connectivity index (χ0) is 23.4. The minimum absolute atomic E-state index is 0.0614. The summed E-state index contributed by atoms with van der Waals surface area (Å²) in [6.07, 6.45) is 0.729. The van der Waals surface area contributed by atoms with Crippen LogP contribution in [-0.4, -0.2) is 50.8 Å². The Hall–Kier alpha value is -2.36. The lowest BCUT2D eigenvalue weighted by Gasteiger charge is -2.31. The molecule has 2 aromatic carbocycles. The van der Waals surface area contributed by atoms with Crippen molar-refractivity contribution in [2.75, 3.05) is 31.1 Å². The molecule has 2 saturated heterocycles. The normalized spacial score (nSPS) is 24.9. The lowest BCUT2D eigenvalue weighted by atomic mass is 9.92. The Morgan fingerprint density at radius 3 is 2.52 bits per heavy atom. The molecular formula is C24H26F2N2O4S. The van der Waals surface area contributed by atoms with Crippen LogP contribution in [0, 0.1) is 6.92 Å². The molecule has 3 aliphatic heterocycles. The van der Waals surface area contributed by atoms with E-state index in [-0.39, 0.29) is 29.5 Å². The van der Waals surface area contributed by atoms with Gasteiger partial charge in [-0.25, -0.2) is 17.2 Å². The van der Waals surface area contributed by atoms with E-state index in [0.717, 1.165) is 34.0 Å². The predicted molar refractivity (Wildman–Crippen MR) is 119 cm³/mol. The maximum absolute atomic E-state index is 13.5. The first-order valence-corrected chi connectivity index (χ1v) is 12.6. The fraction of sp³-hybridized carbons (Fsp3) is 0.458. The Labute approximate surface area is 192 Å². The summed E-state index contributed by atoms with van der Waals surface area (Å²) < 4.78 is 60.3. The summed E-state index contributed by atoms with van der Waals surface area (Å²) in [6, 6.07) is 11.8. The van der Waals surface area contributed by atoms with E-state index in [9.17, 15) is 22.0 Å². The molecule has 1 amide bonds. The van der Waals surface area contributed by atoms with Crippen LogP contribution in [0.25, 0.3) is 0 Å². The van der Waals surface area contributed by atoms with Crippen LogP contribution in [0.5, 0.6) is 0 Å². The number of ether oxygens (including phenoxy) is 1. The van der Waals surface area contributed by atoms with Gasteiger partial charge in [0.2, 0.25) is 10.0 Å². The fourth-order valence-electron chi connectivity index (χ4n) is 5.04. The zero-order valence-corrected chi connectivity index (χ0v) is 19.2. The Bertz CT molecular complexity index is 1200. The van der Waals surface area contributed by atoms with Crippen LogP contribution in [0.1, 0.15) is 47.2 Å². The number of fused-ring (bicyclic) bond motifs is 2. The SMILES string of the molecule is Cc1ccc2c(c1)C1(CCCO1)CN2C(=O)c1cccc(S(=O)(=O)N2CCC(F)(F)CC2)c1. The van der Waals surface area contributed by atoms with Crippen LogP contribution in [0.15, 0.2) is 47.4 Å². The highest BCUT2D eigenvalue weighted by Crippen LogP contribution is 2.48. The summed E-state index contributed by atoms with van der Waals surface area (Å²) in [4.78, 5) is 15.1. The van der Waals surface area contributed by atoms with E-state index in [1.807, 2.05) is 19.1 Å². The molecule has 1 unspecified atom stereocenters. The molecule has 0 N–H and O–H groups in total. The van der Waals surface area contributed by atoms with E-state index >= 15 is 0 Å². The monoisotopic (exact) mass is 476 g/mol. The second kappa shape index (κ2) is 7.85. The van der Waals surface area contributed by atoms with Gasteiger partial charge in [-0.2, -0.15) is 4.31 Å². The number of rotatable bonds is 3. The first-order chi connectivity index (χ1) is 15.6. The van der Waals surface area contributed by atoms with Gasteiger partial charge in [0.05, 0.1) is 17.1 Å². The van der Waals surface area contributed by atoms with Crippen molar-refractivity contribution in [1.82, 2.24) is 4.31 Å². The Morgan fingerprint density at radius 1 is 1.06 bits per heavy atom. The second-order valence-corrected chi connectivity index (χ2v) is 11.1. The van der Waals surface area contributed by atoms with Crippen molar-refractivity contribution in [3.63, 3.8) is 0 Å². The van der Waals surface area contributed by atoms with E-state index in [1.165, 1.54) is 18.2 Å². The third-order valence-corrected chi connectivity index (χ3v) is 8.76. The smallest absolute Gasteiger partial charge is 0.258 e. The third-order valence-electron chi connectivity index (χ3n) is 6.87. The van der Waals surface area contributed by atoms with Gasteiger partial charge in [-0.3, -0.25) is 4.79 Å². The van der Waals surface area contributed by atoms with Crippen LogP contribution in [0.3, 0.4) is 0 Å². The number of aryl methyl sites for hydroxylation is 1. The molecule has 176 valence electrons. The molecule has 2 aromatic rings. The van der Waals surface area contributed by atoms with Crippen molar-refractivity contribution in [1.29, 1.82) is 0 Å². The molecule has 6 nitrogen and oxygen atoms in total. The van der Waals surface area contributed by atoms with E-state index in [1.54, 1.807) is 11.0 Å². The number of halogens is 2. The molecule has 0 aliphatic carbocycles. The van der Waals surface area contributed by atoms with Gasteiger partial charge in [0.25, 0.3) is 11.8 Å². The minimum Gasteiger partial charge on any atom is -0.368 e. The standard InChI is InChI=1S/C24H26F2N2O4S/c1-17-6-7-21-20(14-17)23(8-3-13-32-23)16-28(21)22(29)18-4-2-5-19(15-18)33(30,31)27-11-9-24(25,26)10-12-27/h2,4-7,14-15H,3,8-13,16H2,1H3. The van der Waals surface area contributed by atoms with Crippen LogP contribution in [0.2, 0.25) is 0 Å². The highest BCUT2D eigenvalue weighted by atomic mass is 32.2. The molecule has 0 aromatic heterocycles. The summed E-state index contributed by atoms with van der Waals surface area (Å²) in [6.45, 7) is 2.53. The number of sulfonamides is 1. The average Bonchev–Trinajstić information content (AvgIpc) is 3.38. The molecule has 0 bridgehead atoms. The number of carbonyl (C=O) groups is 1. The number of hydrogen-bond donors (Lipinski definition) is 0. The number of piperidine rings is 1. The topological polar surface area (TPSA) is 66.9 Å². The molecule has 3 aliphatic rings. The summed E-state index contributed by atoms with van der Waals surface area (Å²) in [7, 11) is -3.98. The van der Waals surface area contributed by atoms with Gasteiger partial charge in [0, 0.05) is 43.7 Å². The number of alkyl halides is 2. The van der Waals surface area contributed by atoms with Crippen LogP contribution in [-0.2, 0) is 20.4 Å². The number of benzene rings is 2. The van der Waals surface area contributed by atoms with Gasteiger partial charge in [0.1, 0.15) is 5.60 Å². The largest absolute Gasteiger partial charge is 0.368 e. The number of carbonyl (C=O) groups excluding carboxylic acids is 1. The van der Waals surface area contributed by atoms with Gasteiger partial charge in [-0.15, -0.1) is 0 Å². The first-order valence-electron chi connectivity index (χ1n) is 11.2. The van der Waals surface area contributed by atoms with Gasteiger partial charge < -0.3 is 9.64 Å². The average molecular weight is 477 g/mol. The molecule has 1 atom stereocenters. The molecule has 33 heavy (non-hydrogen) atoms. The highest BCUT2D eigenvalue weighted by Gasteiger charge is 2.48. The summed E-state index contributed by atoms with van der Waals surface area (Å²) in [5, 5.41) is 0. The minimum atomic E-state index is -3.98. The second-order valence-electron chi connectivity index (χ2n) is 9.15. The Morgan fingerprint density at radius 2 is 1.82 bits per heavy atom. The fourth-order valence-corrected chi connectivity index (χ4v) is 6.53. The van der Waals surface area contributed by atoms with Crippen molar-refractivity contribution in [2.24, 2.45) is 0 Å². The Balaban J connectivity index is 1.45. The predicted octanol–water partition coefficient (Wildman–Crippen LogP) is 4.08. The highest BCUT2D eigenvalue weighted by molar-refractivity contribution is 7.89. The van der Waals surface area contributed by atoms with Crippen molar-refractivity contribution < 1.29 is 26.7 Å². The number of anilines is 1. The van der Waals surface area contributed by atoms with Crippen LogP contribution < -0.4 is 4.90 Å². The van der Waals surface area contributed by atoms with Crippen molar-refractivity contribution in [2.45, 2.75) is 49.0 Å². The quantitative estimate of drug-likeness (QED) is 0.670. The Kier molecular flexibility index (Phi) is 5.34. The number of nitrogens with zero attached hydrogens (tertiary/aromatic N) is 2. The lowest BCUT2D eigenvalue weighted by Crippen LogP contribution is -2.42. The maximum atomic E-state index is 13.5. The molecule has 5 rings (SSSR count). The molecule has 3 heterocycles. The molecule has 2 fully saturated rings. The van der Waals surface area contributed by atoms with Crippen LogP contribution >= 0.6 is 0 Å². The van der Waals surface area contributed by atoms with E-state index in [2.05, 4.69) is 6.07 Å². The van der Waals surface area contributed by atoms with Crippen molar-refractivity contribution in [3.05, 3.63) is 59.2 Å². The van der Waals surface area contributed by atoms with Gasteiger partial charge in [-0.05, 0) is 44.0 Å². The molecule has 9 heteroatoms. The van der Waals surface area contributed by atoms with E-state index < -0.39 is 34.4 Å². The number of hydrogen-bond acceptors (Lipinski definition) is 4. The zero-order valence-electron chi connectivity index (χ0n) is 18.4. The molecular weight excluding hydrogens is 450 g/mol. The van der Waals surface area contributed by atoms with E-state index in [0.29, 0.717) is 13.2 Å². The van der Waals surface area contributed by atoms with Gasteiger partial charge >= 0.3 is 0 Å². The van der Waals surface area contributed by atoms with Crippen LogP contribution in [0.4, 0.5) is 14.5 Å². The molecule has 0 saturated carbocycles. The summed E-state index contributed by atoms with van der Waals surface area (Å²) in [5.41, 5.74) is 2.56. The van der Waals surface area contributed by atoms with E-state index in [4.69, 9.17) is 4.74 Å². The summed E-state index contributed by atoms with van der Waals surface area (Å²) >= 11 is 0.